The van der Waals surface area contributed by atoms with Crippen LogP contribution in [0.4, 0.5) is 5.69 Å². The second kappa shape index (κ2) is 3.84. The van der Waals surface area contributed by atoms with Gasteiger partial charge in [-0.3, -0.25) is 4.79 Å². The van der Waals surface area contributed by atoms with Crippen LogP contribution in [-0.4, -0.2) is 28.2 Å². The van der Waals surface area contributed by atoms with Crippen LogP contribution in [0.1, 0.15) is 17.9 Å². The molecule has 1 aromatic carbocycles. The Bertz CT molecular complexity index is 443. The third-order valence-electron chi connectivity index (χ3n) is 2.73. The lowest BCUT2D eigenvalue weighted by molar-refractivity contribution is -0.139. The molecule has 0 aromatic heterocycles. The Balaban J connectivity index is 2.35. The normalized spacial score (nSPS) is 22.2. The molecule has 1 aliphatic heterocycles. The zero-order valence-electron chi connectivity index (χ0n) is 8.38. The number of para-hydroxylation sites is 1. The van der Waals surface area contributed by atoms with Crippen molar-refractivity contribution in [3.8, 4) is 0 Å². The number of aliphatic carboxylic acids is 2. The molecule has 0 saturated carbocycles. The van der Waals surface area contributed by atoms with Gasteiger partial charge in [-0.15, -0.1) is 0 Å². The Morgan fingerprint density at radius 1 is 1.25 bits per heavy atom. The molecule has 1 aliphatic rings. The third-order valence-corrected chi connectivity index (χ3v) is 2.73. The van der Waals surface area contributed by atoms with Crippen LogP contribution in [0.5, 0.6) is 0 Å². The minimum absolute atomic E-state index is 0.180. The van der Waals surface area contributed by atoms with Crippen LogP contribution in [-0.2, 0) is 9.59 Å². The lowest BCUT2D eigenvalue weighted by Crippen LogP contribution is -2.31. The second-order valence-electron chi connectivity index (χ2n) is 3.75. The van der Waals surface area contributed by atoms with Crippen LogP contribution in [0.25, 0.3) is 0 Å². The van der Waals surface area contributed by atoms with E-state index < -0.39 is 23.9 Å². The molecule has 0 bridgehead atoms. The predicted octanol–water partition coefficient (Wildman–Crippen LogP) is 1.12. The second-order valence-corrected chi connectivity index (χ2v) is 3.75. The first-order chi connectivity index (χ1) is 7.59. The summed E-state index contributed by atoms with van der Waals surface area (Å²) in [6, 6.07) is 6.23. The minimum Gasteiger partial charge on any atom is -0.481 e. The van der Waals surface area contributed by atoms with Crippen LogP contribution in [0.2, 0.25) is 0 Å². The highest BCUT2D eigenvalue weighted by Gasteiger charge is 2.37. The predicted molar refractivity (Wildman–Crippen MR) is 56.5 cm³/mol. The molecule has 0 spiro atoms. The average Bonchev–Trinajstić information content (AvgIpc) is 2.57. The van der Waals surface area contributed by atoms with Gasteiger partial charge in [-0.2, -0.15) is 0 Å². The van der Waals surface area contributed by atoms with E-state index in [9.17, 15) is 9.59 Å². The lowest BCUT2D eigenvalue weighted by atomic mass is 9.92. The molecule has 84 valence electrons. The monoisotopic (exact) mass is 221 g/mol. The molecule has 0 aliphatic carbocycles. The van der Waals surface area contributed by atoms with Crippen LogP contribution in [0.15, 0.2) is 24.3 Å². The Kier molecular flexibility index (Phi) is 2.52. The van der Waals surface area contributed by atoms with E-state index in [0.717, 1.165) is 5.56 Å². The zero-order chi connectivity index (χ0) is 11.7. The molecule has 0 unspecified atom stereocenters. The molecule has 16 heavy (non-hydrogen) atoms. The summed E-state index contributed by atoms with van der Waals surface area (Å²) in [5, 5.41) is 20.6. The summed E-state index contributed by atoms with van der Waals surface area (Å²) in [7, 11) is 0. The van der Waals surface area contributed by atoms with Crippen molar-refractivity contribution in [3.05, 3.63) is 29.8 Å². The summed E-state index contributed by atoms with van der Waals surface area (Å²) in [5.41, 5.74) is 1.47. The number of hydrogen-bond donors (Lipinski definition) is 3. The van der Waals surface area contributed by atoms with Crippen molar-refractivity contribution in [1.82, 2.24) is 0 Å². The molecule has 2 rings (SSSR count). The van der Waals surface area contributed by atoms with Crippen LogP contribution >= 0.6 is 0 Å². The number of rotatable bonds is 3. The van der Waals surface area contributed by atoms with Crippen LogP contribution < -0.4 is 5.32 Å². The average molecular weight is 221 g/mol. The Labute approximate surface area is 91.7 Å². The molecule has 0 fully saturated rings. The molecular weight excluding hydrogens is 210 g/mol. The molecule has 0 amide bonds. The maximum Gasteiger partial charge on any atom is 0.326 e. The van der Waals surface area contributed by atoms with Gasteiger partial charge in [0.25, 0.3) is 0 Å². The molecule has 5 heteroatoms. The molecule has 5 nitrogen and oxygen atoms in total. The standard InChI is InChI=1S/C11H11NO4/c13-9(14)5-7-6-3-1-2-4-8(6)12-10(7)11(15)16/h1-4,7,10,12H,5H2,(H,13,14)(H,15,16)/t7-,10+/m0/s1. The highest BCUT2D eigenvalue weighted by Crippen LogP contribution is 2.37. The topological polar surface area (TPSA) is 86.6 Å². The number of carbonyl (C=O) groups is 2. The fourth-order valence-electron chi connectivity index (χ4n) is 2.05. The first-order valence-corrected chi connectivity index (χ1v) is 4.89. The van der Waals surface area contributed by atoms with E-state index in [2.05, 4.69) is 5.32 Å². The van der Waals surface area contributed by atoms with Gasteiger partial charge in [0, 0.05) is 11.6 Å². The largest absolute Gasteiger partial charge is 0.481 e. The van der Waals surface area contributed by atoms with Gasteiger partial charge in [0.1, 0.15) is 6.04 Å². The first-order valence-electron chi connectivity index (χ1n) is 4.89. The SMILES string of the molecule is O=C(O)C[C@H]1c2ccccc2N[C@H]1C(=O)O. The van der Waals surface area contributed by atoms with Gasteiger partial charge in [-0.05, 0) is 11.6 Å². The van der Waals surface area contributed by atoms with Crippen molar-refractivity contribution in [2.75, 3.05) is 5.32 Å². The van der Waals surface area contributed by atoms with Crippen molar-refractivity contribution in [1.29, 1.82) is 0 Å². The number of carboxylic acid groups (broad SMARTS) is 2. The van der Waals surface area contributed by atoms with E-state index in [1.807, 2.05) is 0 Å². The number of fused-ring (bicyclic) bond motifs is 1. The first kappa shape index (κ1) is 10.5. The van der Waals surface area contributed by atoms with E-state index in [1.54, 1.807) is 24.3 Å². The molecular formula is C11H11NO4. The van der Waals surface area contributed by atoms with Gasteiger partial charge in [0.15, 0.2) is 0 Å². The van der Waals surface area contributed by atoms with Gasteiger partial charge >= 0.3 is 11.9 Å². The molecule has 1 heterocycles. The Hall–Kier alpha value is -2.04. The van der Waals surface area contributed by atoms with Gasteiger partial charge in [0.05, 0.1) is 6.42 Å². The Morgan fingerprint density at radius 3 is 2.56 bits per heavy atom. The zero-order valence-corrected chi connectivity index (χ0v) is 8.38. The van der Waals surface area contributed by atoms with Crippen LogP contribution in [0, 0.1) is 0 Å². The van der Waals surface area contributed by atoms with Crippen LogP contribution in [0.3, 0.4) is 0 Å². The molecule has 2 atom stereocenters. The van der Waals surface area contributed by atoms with Crippen molar-refractivity contribution in [2.24, 2.45) is 0 Å². The van der Waals surface area contributed by atoms with Gasteiger partial charge in [-0.1, -0.05) is 18.2 Å². The van der Waals surface area contributed by atoms with Crippen molar-refractivity contribution < 1.29 is 19.8 Å². The highest BCUT2D eigenvalue weighted by molar-refractivity contribution is 5.84. The van der Waals surface area contributed by atoms with Crippen molar-refractivity contribution in [3.63, 3.8) is 0 Å². The fraction of sp³-hybridized carbons (Fsp3) is 0.273. The maximum atomic E-state index is 11.0. The molecule has 0 saturated heterocycles. The lowest BCUT2D eigenvalue weighted by Gasteiger charge is -2.13. The molecule has 1 aromatic rings. The molecule has 3 N–H and O–H groups in total. The van der Waals surface area contributed by atoms with E-state index in [0.29, 0.717) is 5.69 Å². The number of carboxylic acids is 2. The Morgan fingerprint density at radius 2 is 1.94 bits per heavy atom. The summed E-state index contributed by atoms with van der Waals surface area (Å²) in [4.78, 5) is 21.7. The minimum atomic E-state index is -1.03. The van der Waals surface area contributed by atoms with Gasteiger partial charge in [-0.25, -0.2) is 4.79 Å². The number of hydrogen-bond acceptors (Lipinski definition) is 3. The highest BCUT2D eigenvalue weighted by atomic mass is 16.4. The number of benzene rings is 1. The quantitative estimate of drug-likeness (QED) is 0.712. The summed E-state index contributed by atoms with van der Waals surface area (Å²) in [6.07, 6.45) is -0.180. The summed E-state index contributed by atoms with van der Waals surface area (Å²) in [5.74, 6) is -2.52. The fourth-order valence-corrected chi connectivity index (χ4v) is 2.05. The van der Waals surface area contributed by atoms with E-state index >= 15 is 0 Å². The van der Waals surface area contributed by atoms with Crippen molar-refractivity contribution in [2.45, 2.75) is 18.4 Å². The number of nitrogens with one attached hydrogen (secondary N) is 1. The summed E-state index contributed by atoms with van der Waals surface area (Å²) < 4.78 is 0. The van der Waals surface area contributed by atoms with E-state index in [1.165, 1.54) is 0 Å². The molecule has 0 radical (unpaired) electrons. The van der Waals surface area contributed by atoms with Gasteiger partial charge in [0.2, 0.25) is 0 Å². The van der Waals surface area contributed by atoms with E-state index in [-0.39, 0.29) is 6.42 Å². The number of anilines is 1. The summed E-state index contributed by atoms with van der Waals surface area (Å²) in [6.45, 7) is 0. The smallest absolute Gasteiger partial charge is 0.326 e. The van der Waals surface area contributed by atoms with Gasteiger partial charge < -0.3 is 15.5 Å². The maximum absolute atomic E-state index is 11.0. The summed E-state index contributed by atoms with van der Waals surface area (Å²) >= 11 is 0. The van der Waals surface area contributed by atoms with Crippen molar-refractivity contribution >= 4 is 17.6 Å². The third kappa shape index (κ3) is 1.71. The van der Waals surface area contributed by atoms with E-state index in [4.69, 9.17) is 10.2 Å².